The highest BCUT2D eigenvalue weighted by molar-refractivity contribution is 5.66. The Labute approximate surface area is 97.6 Å². The first-order valence-corrected chi connectivity index (χ1v) is 5.49. The summed E-state index contributed by atoms with van der Waals surface area (Å²) in [5.41, 5.74) is 0. The van der Waals surface area contributed by atoms with Gasteiger partial charge in [-0.25, -0.2) is 0 Å². The van der Waals surface area contributed by atoms with Gasteiger partial charge in [0.15, 0.2) is 6.29 Å². The van der Waals surface area contributed by atoms with Crippen LogP contribution in [0.4, 0.5) is 0 Å². The number of unbranched alkanes of at least 4 members (excludes halogenated alkanes) is 1. The van der Waals surface area contributed by atoms with Gasteiger partial charge in [0.1, 0.15) is 6.10 Å². The van der Waals surface area contributed by atoms with E-state index < -0.39 is 0 Å². The molecule has 0 aromatic heterocycles. The monoisotopic (exact) mass is 230 g/mol. The van der Waals surface area contributed by atoms with Crippen LogP contribution in [0.2, 0.25) is 0 Å². The number of hydrogen-bond donors (Lipinski definition) is 0. The van der Waals surface area contributed by atoms with Gasteiger partial charge in [0.05, 0.1) is 0 Å². The van der Waals surface area contributed by atoms with Crippen molar-refractivity contribution in [2.75, 3.05) is 14.2 Å². The molecule has 0 fully saturated rings. The Morgan fingerprint density at radius 3 is 2.25 bits per heavy atom. The standard InChI is InChI=1S/C12H22O4/c1-5-11(16-10(2)13)8-6-7-9-12(14-3)15-4/h5,11-12H,1,6-9H2,2-4H3. The number of methoxy groups -OCH3 is 2. The number of carbonyl (C=O) groups excluding carboxylic acids is 1. The van der Waals surface area contributed by atoms with Crippen molar-refractivity contribution >= 4 is 5.97 Å². The van der Waals surface area contributed by atoms with Crippen LogP contribution in [0.3, 0.4) is 0 Å². The third-order valence-electron chi connectivity index (χ3n) is 2.28. The Hall–Kier alpha value is -0.870. The number of ether oxygens (including phenoxy) is 3. The second-order valence-electron chi connectivity index (χ2n) is 3.57. The van der Waals surface area contributed by atoms with E-state index in [0.717, 1.165) is 25.7 Å². The van der Waals surface area contributed by atoms with E-state index >= 15 is 0 Å². The van der Waals surface area contributed by atoms with Crippen LogP contribution in [-0.4, -0.2) is 32.6 Å². The lowest BCUT2D eigenvalue weighted by Crippen LogP contribution is -2.15. The van der Waals surface area contributed by atoms with Gasteiger partial charge in [0, 0.05) is 21.1 Å². The molecule has 0 radical (unpaired) electrons. The molecule has 0 N–H and O–H groups in total. The molecule has 0 aliphatic rings. The summed E-state index contributed by atoms with van der Waals surface area (Å²) in [4.78, 5) is 10.7. The summed E-state index contributed by atoms with van der Waals surface area (Å²) in [5.74, 6) is -0.267. The molecule has 0 saturated carbocycles. The molecule has 0 saturated heterocycles. The Morgan fingerprint density at radius 1 is 1.25 bits per heavy atom. The van der Waals surface area contributed by atoms with E-state index in [1.165, 1.54) is 6.92 Å². The minimum atomic E-state index is -0.267. The molecule has 0 aromatic carbocycles. The molecule has 94 valence electrons. The molecule has 0 heterocycles. The summed E-state index contributed by atoms with van der Waals surface area (Å²) in [5, 5.41) is 0. The van der Waals surface area contributed by atoms with Crippen LogP contribution in [0, 0.1) is 0 Å². The van der Waals surface area contributed by atoms with Gasteiger partial charge in [-0.05, 0) is 25.7 Å². The Morgan fingerprint density at radius 2 is 1.81 bits per heavy atom. The van der Waals surface area contributed by atoms with E-state index in [1.54, 1.807) is 20.3 Å². The Balaban J connectivity index is 3.62. The highest BCUT2D eigenvalue weighted by Crippen LogP contribution is 2.11. The molecule has 0 aromatic rings. The Kier molecular flexibility index (Phi) is 8.85. The predicted octanol–water partition coefficient (Wildman–Crippen LogP) is 2.28. The molecule has 16 heavy (non-hydrogen) atoms. The zero-order chi connectivity index (χ0) is 12.4. The van der Waals surface area contributed by atoms with Crippen molar-refractivity contribution in [2.24, 2.45) is 0 Å². The van der Waals surface area contributed by atoms with E-state index in [1.807, 2.05) is 0 Å². The molecule has 4 nitrogen and oxygen atoms in total. The molecule has 1 atom stereocenters. The highest BCUT2D eigenvalue weighted by atomic mass is 16.7. The van der Waals surface area contributed by atoms with Crippen molar-refractivity contribution in [3.8, 4) is 0 Å². The van der Waals surface area contributed by atoms with Gasteiger partial charge in [-0.2, -0.15) is 0 Å². The summed E-state index contributed by atoms with van der Waals surface area (Å²) >= 11 is 0. The summed E-state index contributed by atoms with van der Waals surface area (Å²) in [6, 6.07) is 0. The third-order valence-corrected chi connectivity index (χ3v) is 2.28. The molecular weight excluding hydrogens is 208 g/mol. The Bertz CT molecular complexity index is 199. The summed E-state index contributed by atoms with van der Waals surface area (Å²) in [7, 11) is 3.25. The van der Waals surface area contributed by atoms with Crippen molar-refractivity contribution < 1.29 is 19.0 Å². The fraction of sp³-hybridized carbons (Fsp3) is 0.750. The van der Waals surface area contributed by atoms with Crippen LogP contribution >= 0.6 is 0 Å². The van der Waals surface area contributed by atoms with Crippen LogP contribution in [-0.2, 0) is 19.0 Å². The SMILES string of the molecule is C=CC(CCCCC(OC)OC)OC(C)=O. The van der Waals surface area contributed by atoms with Gasteiger partial charge in [-0.3, -0.25) is 4.79 Å². The number of carbonyl (C=O) groups is 1. The topological polar surface area (TPSA) is 44.8 Å². The lowest BCUT2D eigenvalue weighted by molar-refractivity contribution is -0.144. The molecule has 0 aliphatic carbocycles. The fourth-order valence-electron chi connectivity index (χ4n) is 1.43. The van der Waals surface area contributed by atoms with Crippen molar-refractivity contribution in [1.29, 1.82) is 0 Å². The molecule has 4 heteroatoms. The number of hydrogen-bond acceptors (Lipinski definition) is 4. The van der Waals surface area contributed by atoms with Gasteiger partial charge in [-0.1, -0.05) is 12.7 Å². The van der Waals surface area contributed by atoms with E-state index in [2.05, 4.69) is 6.58 Å². The van der Waals surface area contributed by atoms with Crippen LogP contribution in [0.15, 0.2) is 12.7 Å². The summed E-state index contributed by atoms with van der Waals surface area (Å²) in [6.45, 7) is 5.04. The average Bonchev–Trinajstić information content (AvgIpc) is 2.27. The summed E-state index contributed by atoms with van der Waals surface area (Å²) < 4.78 is 15.2. The van der Waals surface area contributed by atoms with E-state index in [4.69, 9.17) is 14.2 Å². The van der Waals surface area contributed by atoms with Crippen LogP contribution in [0.5, 0.6) is 0 Å². The van der Waals surface area contributed by atoms with Crippen molar-refractivity contribution in [1.82, 2.24) is 0 Å². The van der Waals surface area contributed by atoms with Crippen LogP contribution in [0.25, 0.3) is 0 Å². The number of rotatable bonds is 9. The van der Waals surface area contributed by atoms with Gasteiger partial charge in [0.2, 0.25) is 0 Å². The molecule has 0 aliphatic heterocycles. The molecule has 1 unspecified atom stereocenters. The van der Waals surface area contributed by atoms with Gasteiger partial charge >= 0.3 is 5.97 Å². The van der Waals surface area contributed by atoms with Crippen molar-refractivity contribution in [3.63, 3.8) is 0 Å². The van der Waals surface area contributed by atoms with E-state index in [9.17, 15) is 4.79 Å². The van der Waals surface area contributed by atoms with Gasteiger partial charge in [-0.15, -0.1) is 0 Å². The molecular formula is C12H22O4. The molecule has 0 bridgehead atoms. The van der Waals surface area contributed by atoms with E-state index in [-0.39, 0.29) is 18.4 Å². The maximum atomic E-state index is 10.7. The number of esters is 1. The van der Waals surface area contributed by atoms with E-state index in [0.29, 0.717) is 0 Å². The average molecular weight is 230 g/mol. The third kappa shape index (κ3) is 7.43. The van der Waals surface area contributed by atoms with Crippen molar-refractivity contribution in [3.05, 3.63) is 12.7 Å². The van der Waals surface area contributed by atoms with Gasteiger partial charge in [0.25, 0.3) is 0 Å². The van der Waals surface area contributed by atoms with Gasteiger partial charge < -0.3 is 14.2 Å². The lowest BCUT2D eigenvalue weighted by Gasteiger charge is -2.15. The smallest absolute Gasteiger partial charge is 0.303 e. The first kappa shape index (κ1) is 15.1. The molecule has 0 amide bonds. The highest BCUT2D eigenvalue weighted by Gasteiger charge is 2.08. The lowest BCUT2D eigenvalue weighted by atomic mass is 10.1. The second-order valence-corrected chi connectivity index (χ2v) is 3.57. The second kappa shape index (κ2) is 9.36. The maximum absolute atomic E-state index is 10.7. The summed E-state index contributed by atoms with van der Waals surface area (Å²) in [6.07, 6.45) is 4.90. The fourth-order valence-corrected chi connectivity index (χ4v) is 1.43. The van der Waals surface area contributed by atoms with Crippen LogP contribution < -0.4 is 0 Å². The maximum Gasteiger partial charge on any atom is 0.303 e. The minimum absolute atomic E-state index is 0.143. The zero-order valence-electron chi connectivity index (χ0n) is 10.4. The first-order valence-electron chi connectivity index (χ1n) is 5.49. The molecule has 0 spiro atoms. The van der Waals surface area contributed by atoms with Crippen molar-refractivity contribution in [2.45, 2.75) is 45.0 Å². The molecule has 0 rings (SSSR count). The largest absolute Gasteiger partial charge is 0.458 e. The predicted molar refractivity (Wildman–Crippen MR) is 62.0 cm³/mol. The minimum Gasteiger partial charge on any atom is -0.458 e. The van der Waals surface area contributed by atoms with Crippen LogP contribution in [0.1, 0.15) is 32.6 Å². The normalized spacial score (nSPS) is 12.5. The quantitative estimate of drug-likeness (QED) is 0.264. The zero-order valence-corrected chi connectivity index (χ0v) is 10.4. The first-order chi connectivity index (χ1) is 7.63.